The van der Waals surface area contributed by atoms with E-state index in [-0.39, 0.29) is 6.17 Å². The van der Waals surface area contributed by atoms with Gasteiger partial charge >= 0.3 is 0 Å². The molecule has 1 aliphatic rings. The smallest absolute Gasteiger partial charge is 0.170 e. The van der Waals surface area contributed by atoms with Gasteiger partial charge in [0.15, 0.2) is 16.7 Å². The van der Waals surface area contributed by atoms with Crippen LogP contribution in [0.2, 0.25) is 0 Å². The third-order valence-corrected chi connectivity index (χ3v) is 6.76. The van der Waals surface area contributed by atoms with E-state index in [1.807, 2.05) is 80.7 Å². The molecule has 1 aromatic heterocycles. The molecule has 0 saturated carbocycles. The number of rotatable bonds is 7. The van der Waals surface area contributed by atoms with Crippen LogP contribution in [0.25, 0.3) is 0 Å². The number of anilines is 1. The molecule has 1 atom stereocenters. The van der Waals surface area contributed by atoms with Crippen LogP contribution >= 0.6 is 11.8 Å². The highest BCUT2D eigenvalue weighted by Crippen LogP contribution is 2.44. The van der Waals surface area contributed by atoms with E-state index in [0.29, 0.717) is 18.1 Å². The number of aromatic amines is 1. The largest absolute Gasteiger partial charge is 0.493 e. The lowest BCUT2D eigenvalue weighted by atomic mass is 10.1. The van der Waals surface area contributed by atoms with E-state index in [1.54, 1.807) is 18.9 Å². The molecule has 4 aromatic rings. The monoisotopic (exact) mass is 485 g/mol. The second kappa shape index (κ2) is 10.1. The molecule has 7 nitrogen and oxygen atoms in total. The topological polar surface area (TPSA) is 74.8 Å². The Balaban J connectivity index is 1.52. The van der Waals surface area contributed by atoms with Gasteiger partial charge in [-0.2, -0.15) is 5.10 Å². The normalized spacial score (nSPS) is 14.8. The third-order valence-electron chi connectivity index (χ3n) is 5.69. The minimum Gasteiger partial charge on any atom is -0.493 e. The standard InChI is InChI=1S/C27H27N5O2S/c1-18-14-25(31-30-18)29-26-21-15-23(33-3)24(34-17-19-10-6-4-7-11-19)16-22(21)28-27(32(26)2)35-20-12-8-5-9-13-20/h4-16,26H,17H2,1-3H3,(H2,29,30,31). The van der Waals surface area contributed by atoms with Gasteiger partial charge in [0.2, 0.25) is 0 Å². The molecule has 1 aliphatic heterocycles. The van der Waals surface area contributed by atoms with E-state index >= 15 is 0 Å². The Kier molecular flexibility index (Phi) is 6.63. The first-order valence-corrected chi connectivity index (χ1v) is 12.1. The van der Waals surface area contributed by atoms with Crippen molar-refractivity contribution in [2.75, 3.05) is 19.5 Å². The highest BCUT2D eigenvalue weighted by atomic mass is 32.2. The van der Waals surface area contributed by atoms with Crippen molar-refractivity contribution in [1.29, 1.82) is 0 Å². The minimum atomic E-state index is -0.200. The van der Waals surface area contributed by atoms with E-state index < -0.39 is 0 Å². The van der Waals surface area contributed by atoms with Gasteiger partial charge in [0, 0.05) is 35.3 Å². The summed E-state index contributed by atoms with van der Waals surface area (Å²) in [6.07, 6.45) is -0.200. The van der Waals surface area contributed by atoms with Crippen LogP contribution in [0.15, 0.2) is 88.8 Å². The zero-order chi connectivity index (χ0) is 24.2. The number of H-pyrrole nitrogens is 1. The van der Waals surface area contributed by atoms with Gasteiger partial charge in [-0.3, -0.25) is 5.10 Å². The van der Waals surface area contributed by atoms with Gasteiger partial charge < -0.3 is 19.7 Å². The summed E-state index contributed by atoms with van der Waals surface area (Å²) >= 11 is 1.62. The lowest BCUT2D eigenvalue weighted by Gasteiger charge is -2.35. The SMILES string of the molecule is COc1cc2c(cc1OCc1ccccc1)N=C(Sc1ccccc1)N(C)C2Nc1cc(C)[nH]n1. The first-order valence-electron chi connectivity index (χ1n) is 11.3. The fourth-order valence-corrected chi connectivity index (χ4v) is 4.78. The number of aryl methyl sites for hydroxylation is 1. The molecule has 0 amide bonds. The average molecular weight is 486 g/mol. The van der Waals surface area contributed by atoms with E-state index in [4.69, 9.17) is 14.5 Å². The first-order chi connectivity index (χ1) is 17.1. The summed E-state index contributed by atoms with van der Waals surface area (Å²) in [7, 11) is 3.68. The van der Waals surface area contributed by atoms with Crippen LogP contribution in [-0.2, 0) is 6.61 Å². The average Bonchev–Trinajstić information content (AvgIpc) is 3.30. The molecule has 0 fully saturated rings. The van der Waals surface area contributed by atoms with Crippen LogP contribution < -0.4 is 14.8 Å². The van der Waals surface area contributed by atoms with Crippen LogP contribution in [0.4, 0.5) is 11.5 Å². The Hall–Kier alpha value is -3.91. The fourth-order valence-electron chi connectivity index (χ4n) is 3.88. The van der Waals surface area contributed by atoms with Gasteiger partial charge in [0.1, 0.15) is 18.6 Å². The Labute approximate surface area is 209 Å². The van der Waals surface area contributed by atoms with Crippen LogP contribution in [0.5, 0.6) is 11.5 Å². The second-order valence-corrected chi connectivity index (χ2v) is 9.28. The zero-order valence-electron chi connectivity index (χ0n) is 19.9. The van der Waals surface area contributed by atoms with Gasteiger partial charge in [-0.1, -0.05) is 60.3 Å². The molecule has 1 unspecified atom stereocenters. The maximum absolute atomic E-state index is 6.16. The van der Waals surface area contributed by atoms with Gasteiger partial charge in [-0.15, -0.1) is 0 Å². The Morgan fingerprint density at radius 2 is 1.74 bits per heavy atom. The fraction of sp³-hybridized carbons (Fsp3) is 0.185. The number of fused-ring (bicyclic) bond motifs is 1. The summed E-state index contributed by atoms with van der Waals surface area (Å²) in [5.74, 6) is 2.08. The molecule has 2 N–H and O–H groups in total. The molecule has 3 aromatic carbocycles. The maximum atomic E-state index is 6.16. The lowest BCUT2D eigenvalue weighted by molar-refractivity contribution is 0.284. The first kappa shape index (κ1) is 22.9. The third kappa shape index (κ3) is 5.12. The number of hydrogen-bond donors (Lipinski definition) is 2. The van der Waals surface area contributed by atoms with Crippen LogP contribution in [-0.4, -0.2) is 34.4 Å². The van der Waals surface area contributed by atoms with Crippen molar-refractivity contribution in [1.82, 2.24) is 15.1 Å². The van der Waals surface area contributed by atoms with Crippen molar-refractivity contribution in [3.63, 3.8) is 0 Å². The van der Waals surface area contributed by atoms with Gasteiger partial charge in [-0.05, 0) is 30.7 Å². The van der Waals surface area contributed by atoms with Crippen LogP contribution in [0.3, 0.4) is 0 Å². The number of nitrogens with one attached hydrogen (secondary N) is 2. The van der Waals surface area contributed by atoms with Gasteiger partial charge in [-0.25, -0.2) is 4.99 Å². The number of benzene rings is 3. The van der Waals surface area contributed by atoms with E-state index in [1.165, 1.54) is 0 Å². The molecule has 178 valence electrons. The van der Waals surface area contributed by atoms with Crippen molar-refractivity contribution in [3.05, 3.63) is 95.7 Å². The van der Waals surface area contributed by atoms with Gasteiger partial charge in [0.25, 0.3) is 0 Å². The molecule has 0 saturated heterocycles. The van der Waals surface area contributed by atoms with E-state index in [9.17, 15) is 0 Å². The molecule has 8 heteroatoms. The predicted molar refractivity (Wildman–Crippen MR) is 141 cm³/mol. The molecule has 35 heavy (non-hydrogen) atoms. The van der Waals surface area contributed by atoms with Crippen molar-refractivity contribution in [2.45, 2.75) is 24.6 Å². The summed E-state index contributed by atoms with van der Waals surface area (Å²) in [5.41, 5.74) is 3.88. The second-order valence-electron chi connectivity index (χ2n) is 8.24. The number of amidine groups is 1. The summed E-state index contributed by atoms with van der Waals surface area (Å²) < 4.78 is 11.9. The Morgan fingerprint density at radius 3 is 2.43 bits per heavy atom. The number of aromatic nitrogens is 2. The minimum absolute atomic E-state index is 0.200. The van der Waals surface area contributed by atoms with E-state index in [2.05, 4.69) is 32.5 Å². The van der Waals surface area contributed by atoms with Crippen molar-refractivity contribution in [3.8, 4) is 11.5 Å². The van der Waals surface area contributed by atoms with E-state index in [0.717, 1.165) is 38.4 Å². The maximum Gasteiger partial charge on any atom is 0.170 e. The molecular weight excluding hydrogens is 458 g/mol. The molecule has 0 bridgehead atoms. The molecule has 5 rings (SSSR count). The van der Waals surface area contributed by atoms with Crippen molar-refractivity contribution < 1.29 is 9.47 Å². The highest BCUT2D eigenvalue weighted by molar-refractivity contribution is 8.13. The summed E-state index contributed by atoms with van der Waals surface area (Å²) in [6.45, 7) is 2.42. The number of nitrogens with zero attached hydrogens (tertiary/aromatic N) is 3. The zero-order valence-corrected chi connectivity index (χ0v) is 20.7. The number of hydrogen-bond acceptors (Lipinski definition) is 7. The number of methoxy groups -OCH3 is 1. The summed E-state index contributed by atoms with van der Waals surface area (Å²) in [6, 6.07) is 26.3. The Bertz CT molecular complexity index is 1320. The van der Waals surface area contributed by atoms with Crippen LogP contribution in [0.1, 0.15) is 23.0 Å². The molecule has 0 radical (unpaired) electrons. The number of ether oxygens (including phenoxy) is 2. The molecule has 2 heterocycles. The van der Waals surface area contributed by atoms with Crippen molar-refractivity contribution in [2.24, 2.45) is 4.99 Å². The predicted octanol–water partition coefficient (Wildman–Crippen LogP) is 6.14. The number of thioether (sulfide) groups is 1. The summed E-state index contributed by atoms with van der Waals surface area (Å²) in [5, 5.41) is 11.8. The number of aliphatic imine (C=N–C) groups is 1. The lowest BCUT2D eigenvalue weighted by Crippen LogP contribution is -2.36. The summed E-state index contributed by atoms with van der Waals surface area (Å²) in [4.78, 5) is 8.25. The quantitative estimate of drug-likeness (QED) is 0.327. The van der Waals surface area contributed by atoms with Crippen LogP contribution in [0, 0.1) is 6.92 Å². The molecular formula is C27H27N5O2S. The highest BCUT2D eigenvalue weighted by Gasteiger charge is 2.30. The van der Waals surface area contributed by atoms with Gasteiger partial charge in [0.05, 0.1) is 12.8 Å². The molecule has 0 aliphatic carbocycles. The Morgan fingerprint density at radius 1 is 1.00 bits per heavy atom. The van der Waals surface area contributed by atoms with Crippen molar-refractivity contribution >= 4 is 28.4 Å². The molecule has 0 spiro atoms.